The lowest BCUT2D eigenvalue weighted by molar-refractivity contribution is -0.385. The van der Waals surface area contributed by atoms with Gasteiger partial charge in [0.2, 0.25) is 0 Å². The van der Waals surface area contributed by atoms with Crippen LogP contribution in [0, 0.1) is 22.5 Å². The number of rotatable bonds is 7. The summed E-state index contributed by atoms with van der Waals surface area (Å²) < 4.78 is 12.2. The smallest absolute Gasteiger partial charge is 0.303 e. The molecular formula is C14H17NO5S. The molecule has 1 N–H and O–H groups in total. The van der Waals surface area contributed by atoms with Gasteiger partial charge in [-0.3, -0.25) is 19.1 Å². The summed E-state index contributed by atoms with van der Waals surface area (Å²) in [5, 5.41) is 19.7. The maximum atomic E-state index is 12.2. The second-order valence-corrected chi connectivity index (χ2v) is 7.07. The molecular weight excluding hydrogens is 294 g/mol. The van der Waals surface area contributed by atoms with Crippen LogP contribution >= 0.6 is 0 Å². The highest BCUT2D eigenvalue weighted by Crippen LogP contribution is 2.49. The summed E-state index contributed by atoms with van der Waals surface area (Å²) in [5.74, 6) is -0.285. The van der Waals surface area contributed by atoms with E-state index in [2.05, 4.69) is 0 Å². The molecule has 1 aromatic rings. The number of nitro groups is 1. The van der Waals surface area contributed by atoms with E-state index in [9.17, 15) is 19.1 Å². The van der Waals surface area contributed by atoms with Crippen LogP contribution in [-0.4, -0.2) is 26.0 Å². The maximum absolute atomic E-state index is 12.2. The maximum Gasteiger partial charge on any atom is 0.303 e. The number of benzene rings is 1. The normalized spacial score (nSPS) is 17.2. The summed E-state index contributed by atoms with van der Waals surface area (Å²) >= 11 is 0. The molecule has 114 valence electrons. The molecule has 1 aliphatic carbocycles. The van der Waals surface area contributed by atoms with Gasteiger partial charge in [-0.25, -0.2) is 0 Å². The van der Waals surface area contributed by atoms with Crippen molar-refractivity contribution in [3.8, 4) is 0 Å². The van der Waals surface area contributed by atoms with Gasteiger partial charge in [0, 0.05) is 33.9 Å². The minimum Gasteiger partial charge on any atom is -0.481 e. The van der Waals surface area contributed by atoms with Gasteiger partial charge in [0.15, 0.2) is 0 Å². The molecule has 0 aromatic heterocycles. The molecule has 1 unspecified atom stereocenters. The summed E-state index contributed by atoms with van der Waals surface area (Å²) in [6.07, 6.45) is 1.63. The molecule has 1 fully saturated rings. The minimum absolute atomic E-state index is 0.0242. The third-order valence-corrected chi connectivity index (χ3v) is 5.45. The van der Waals surface area contributed by atoms with Crippen molar-refractivity contribution >= 4 is 22.5 Å². The Morgan fingerprint density at radius 2 is 2.14 bits per heavy atom. The molecule has 1 saturated carbocycles. The molecule has 1 aromatic carbocycles. The lowest BCUT2D eigenvalue weighted by atomic mass is 10.1. The average Bonchev–Trinajstić information content (AvgIpc) is 3.09. The zero-order valence-corrected chi connectivity index (χ0v) is 12.5. The molecule has 0 radical (unpaired) electrons. The van der Waals surface area contributed by atoms with E-state index in [1.807, 2.05) is 0 Å². The predicted molar refractivity (Wildman–Crippen MR) is 78.5 cm³/mol. The molecule has 0 amide bonds. The highest BCUT2D eigenvalue weighted by atomic mass is 32.2. The molecule has 0 spiro atoms. The predicted octanol–water partition coefficient (Wildman–Crippen LogP) is 2.41. The Labute approximate surface area is 124 Å². The van der Waals surface area contributed by atoms with Crippen LogP contribution in [0.25, 0.3) is 0 Å². The van der Waals surface area contributed by atoms with E-state index in [4.69, 9.17) is 5.11 Å². The van der Waals surface area contributed by atoms with E-state index in [0.717, 1.165) is 12.8 Å². The van der Waals surface area contributed by atoms with Gasteiger partial charge in [-0.15, -0.1) is 0 Å². The van der Waals surface area contributed by atoms with Crippen molar-refractivity contribution in [2.45, 2.75) is 31.9 Å². The molecule has 1 atom stereocenters. The number of carbonyl (C=O) groups is 1. The van der Waals surface area contributed by atoms with E-state index in [0.29, 0.717) is 16.9 Å². The number of carboxylic acid groups (broad SMARTS) is 1. The van der Waals surface area contributed by atoms with Gasteiger partial charge in [0.05, 0.1) is 11.3 Å². The summed E-state index contributed by atoms with van der Waals surface area (Å²) in [7, 11) is -1.21. The molecule has 7 heteroatoms. The fraction of sp³-hybridized carbons (Fsp3) is 0.500. The highest BCUT2D eigenvalue weighted by molar-refractivity contribution is 7.84. The number of hydrogen-bond donors (Lipinski definition) is 1. The number of hydrogen-bond acceptors (Lipinski definition) is 4. The number of carboxylic acids is 1. The number of aliphatic carboxylic acids is 1. The first kappa shape index (κ1) is 15.6. The van der Waals surface area contributed by atoms with Gasteiger partial charge in [-0.1, -0.05) is 12.1 Å². The second-order valence-electron chi connectivity index (χ2n) is 5.62. The van der Waals surface area contributed by atoms with Crippen LogP contribution in [0.1, 0.15) is 30.4 Å². The van der Waals surface area contributed by atoms with Crippen LogP contribution < -0.4 is 0 Å². The van der Waals surface area contributed by atoms with E-state index >= 15 is 0 Å². The van der Waals surface area contributed by atoms with Gasteiger partial charge >= 0.3 is 5.97 Å². The molecule has 2 rings (SSSR count). The summed E-state index contributed by atoms with van der Waals surface area (Å²) in [6.45, 7) is 1.65. The molecule has 0 bridgehead atoms. The Morgan fingerprint density at radius 3 is 2.67 bits per heavy atom. The lowest BCUT2D eigenvalue weighted by Gasteiger charge is -2.12. The van der Waals surface area contributed by atoms with Crippen LogP contribution in [0.5, 0.6) is 0 Å². The Balaban J connectivity index is 2.05. The van der Waals surface area contributed by atoms with Gasteiger partial charge in [0.25, 0.3) is 5.69 Å². The van der Waals surface area contributed by atoms with Crippen molar-refractivity contribution in [2.75, 3.05) is 5.75 Å². The molecule has 0 saturated heterocycles. The Bertz CT molecular complexity index is 609. The van der Waals surface area contributed by atoms with E-state index in [1.165, 1.54) is 6.07 Å². The van der Waals surface area contributed by atoms with Crippen LogP contribution in [0.15, 0.2) is 18.2 Å². The number of nitrogens with zero attached hydrogens (tertiary/aromatic N) is 1. The van der Waals surface area contributed by atoms with Crippen LogP contribution in [0.3, 0.4) is 0 Å². The van der Waals surface area contributed by atoms with Crippen molar-refractivity contribution in [3.63, 3.8) is 0 Å². The SMILES string of the molecule is Cc1c(CS(=O)CC2(CC(=O)O)CC2)cccc1[N+](=O)[O-]. The fourth-order valence-electron chi connectivity index (χ4n) is 2.46. The summed E-state index contributed by atoms with van der Waals surface area (Å²) in [5.41, 5.74) is 0.912. The average molecular weight is 311 g/mol. The molecule has 21 heavy (non-hydrogen) atoms. The molecule has 0 heterocycles. The molecule has 6 nitrogen and oxygen atoms in total. The third kappa shape index (κ3) is 3.87. The highest BCUT2D eigenvalue weighted by Gasteiger charge is 2.45. The number of nitro benzene ring substituents is 1. The lowest BCUT2D eigenvalue weighted by Crippen LogP contribution is -2.17. The monoisotopic (exact) mass is 311 g/mol. The minimum atomic E-state index is -1.21. The van der Waals surface area contributed by atoms with Crippen molar-refractivity contribution in [1.82, 2.24) is 0 Å². The Morgan fingerprint density at radius 1 is 1.48 bits per heavy atom. The van der Waals surface area contributed by atoms with Gasteiger partial charge < -0.3 is 5.11 Å². The van der Waals surface area contributed by atoms with Crippen molar-refractivity contribution < 1.29 is 19.0 Å². The van der Waals surface area contributed by atoms with Crippen LogP contribution in [-0.2, 0) is 21.3 Å². The van der Waals surface area contributed by atoms with Gasteiger partial charge in [-0.05, 0) is 30.7 Å². The van der Waals surface area contributed by atoms with Crippen LogP contribution in [0.2, 0.25) is 0 Å². The first-order valence-corrected chi connectivity index (χ1v) is 8.11. The molecule has 1 aliphatic rings. The standard InChI is InChI=1S/C14H17NO5S/c1-10-11(3-2-4-12(10)15(18)19)8-21(20)9-14(5-6-14)7-13(16)17/h2-4H,5-9H2,1H3,(H,16,17). The zero-order valence-electron chi connectivity index (χ0n) is 11.7. The quantitative estimate of drug-likeness (QED) is 0.616. The van der Waals surface area contributed by atoms with E-state index < -0.39 is 21.7 Å². The largest absolute Gasteiger partial charge is 0.481 e. The first-order chi connectivity index (χ1) is 9.83. The third-order valence-electron chi connectivity index (χ3n) is 3.88. The fourth-order valence-corrected chi connectivity index (χ4v) is 4.30. The topological polar surface area (TPSA) is 97.5 Å². The van der Waals surface area contributed by atoms with Gasteiger partial charge in [0.1, 0.15) is 0 Å². The summed E-state index contributed by atoms with van der Waals surface area (Å²) in [6, 6.07) is 4.74. The zero-order chi connectivity index (χ0) is 15.6. The van der Waals surface area contributed by atoms with Crippen molar-refractivity contribution in [3.05, 3.63) is 39.4 Å². The molecule has 0 aliphatic heterocycles. The summed E-state index contributed by atoms with van der Waals surface area (Å²) in [4.78, 5) is 21.2. The van der Waals surface area contributed by atoms with Crippen LogP contribution in [0.4, 0.5) is 5.69 Å². The van der Waals surface area contributed by atoms with Gasteiger partial charge in [-0.2, -0.15) is 0 Å². The Hall–Kier alpha value is -1.76. The van der Waals surface area contributed by atoms with Crippen molar-refractivity contribution in [2.24, 2.45) is 5.41 Å². The second kappa shape index (κ2) is 5.93. The first-order valence-electron chi connectivity index (χ1n) is 6.63. The Kier molecular flexibility index (Phi) is 4.41. The van der Waals surface area contributed by atoms with E-state index in [-0.39, 0.29) is 23.3 Å². The van der Waals surface area contributed by atoms with E-state index in [1.54, 1.807) is 19.1 Å². The van der Waals surface area contributed by atoms with Crippen molar-refractivity contribution in [1.29, 1.82) is 0 Å².